The second kappa shape index (κ2) is 11.8. The van der Waals surface area contributed by atoms with Crippen LogP contribution in [0.1, 0.15) is 20.8 Å². The summed E-state index contributed by atoms with van der Waals surface area (Å²) in [5.41, 5.74) is 5.31. The van der Waals surface area contributed by atoms with Gasteiger partial charge in [0.15, 0.2) is 22.0 Å². The van der Waals surface area contributed by atoms with Gasteiger partial charge in [0.25, 0.3) is 0 Å². The number of esters is 1. The van der Waals surface area contributed by atoms with Gasteiger partial charge in [-0.3, -0.25) is 9.59 Å². The van der Waals surface area contributed by atoms with Crippen LogP contribution < -0.4 is 30.1 Å². The largest absolute Gasteiger partial charge is 0.490 e. The van der Waals surface area contributed by atoms with Crippen molar-refractivity contribution in [2.45, 2.75) is 36.9 Å². The van der Waals surface area contributed by atoms with Crippen molar-refractivity contribution >= 4 is 41.1 Å². The van der Waals surface area contributed by atoms with Crippen molar-refractivity contribution in [1.29, 1.82) is 0 Å². The molecule has 8 nitrogen and oxygen atoms in total. The summed E-state index contributed by atoms with van der Waals surface area (Å²) < 4.78 is 28.2. The Bertz CT molecular complexity index is 1160. The van der Waals surface area contributed by atoms with Gasteiger partial charge in [0.05, 0.1) is 26.4 Å². The van der Waals surface area contributed by atoms with Crippen LogP contribution in [0.15, 0.2) is 55.6 Å². The SMILES string of the molecule is CCOc1c(OC)c(OC(C)C)cc2oc(Sc3ccc(OC(=O)CN)cc3)cc(=O)c12.Cl. The van der Waals surface area contributed by atoms with Gasteiger partial charge >= 0.3 is 5.97 Å². The first-order valence-corrected chi connectivity index (χ1v) is 10.8. The number of carbonyl (C=O) groups excluding carboxylic acids is 1. The topological polar surface area (TPSA) is 110 Å². The van der Waals surface area contributed by atoms with E-state index in [1.165, 1.54) is 24.9 Å². The number of fused-ring (bicyclic) bond motifs is 1. The summed E-state index contributed by atoms with van der Waals surface area (Å²) in [5.74, 6) is 0.928. The summed E-state index contributed by atoms with van der Waals surface area (Å²) in [4.78, 5) is 25.1. The van der Waals surface area contributed by atoms with Crippen LogP contribution in [0.2, 0.25) is 0 Å². The maximum atomic E-state index is 13.0. The van der Waals surface area contributed by atoms with E-state index < -0.39 is 5.97 Å². The molecule has 0 aliphatic heterocycles. The molecule has 3 rings (SSSR count). The number of hydrogen-bond donors (Lipinski definition) is 1. The average Bonchev–Trinajstić information content (AvgIpc) is 2.74. The van der Waals surface area contributed by atoms with E-state index in [9.17, 15) is 9.59 Å². The molecule has 0 atom stereocenters. The Hall–Kier alpha value is -2.88. The molecule has 2 aromatic carbocycles. The van der Waals surface area contributed by atoms with E-state index in [1.807, 2.05) is 20.8 Å². The summed E-state index contributed by atoms with van der Waals surface area (Å²) in [6.07, 6.45) is -0.119. The Balaban J connectivity index is 0.00000385. The highest BCUT2D eigenvalue weighted by molar-refractivity contribution is 7.99. The second-order valence-electron chi connectivity index (χ2n) is 6.89. The molecular formula is C23H26ClNO7S. The number of halogens is 1. The van der Waals surface area contributed by atoms with Gasteiger partial charge in [-0.2, -0.15) is 0 Å². The van der Waals surface area contributed by atoms with Crippen molar-refractivity contribution in [2.75, 3.05) is 20.3 Å². The van der Waals surface area contributed by atoms with Crippen LogP contribution in [0.25, 0.3) is 11.0 Å². The molecule has 0 fully saturated rings. The zero-order chi connectivity index (χ0) is 23.3. The zero-order valence-corrected chi connectivity index (χ0v) is 20.3. The van der Waals surface area contributed by atoms with Gasteiger partial charge in [0.2, 0.25) is 5.75 Å². The van der Waals surface area contributed by atoms with Gasteiger partial charge in [-0.25, -0.2) is 0 Å². The lowest BCUT2D eigenvalue weighted by atomic mass is 10.1. The van der Waals surface area contributed by atoms with Crippen LogP contribution in [0.3, 0.4) is 0 Å². The summed E-state index contributed by atoms with van der Waals surface area (Å²) in [5, 5.41) is 0.672. The molecular weight excluding hydrogens is 470 g/mol. The molecule has 3 aromatic rings. The second-order valence-corrected chi connectivity index (χ2v) is 7.97. The fourth-order valence-corrected chi connectivity index (χ4v) is 3.76. The molecule has 33 heavy (non-hydrogen) atoms. The Morgan fingerprint density at radius 3 is 2.42 bits per heavy atom. The highest BCUT2D eigenvalue weighted by Gasteiger charge is 2.22. The molecule has 10 heteroatoms. The molecule has 1 heterocycles. The fourth-order valence-electron chi connectivity index (χ4n) is 2.96. The number of hydrogen-bond acceptors (Lipinski definition) is 9. The van der Waals surface area contributed by atoms with Crippen LogP contribution in [-0.4, -0.2) is 32.3 Å². The van der Waals surface area contributed by atoms with E-state index in [1.54, 1.807) is 30.3 Å². The maximum Gasteiger partial charge on any atom is 0.325 e. The van der Waals surface area contributed by atoms with Crippen molar-refractivity contribution < 1.29 is 28.2 Å². The zero-order valence-electron chi connectivity index (χ0n) is 18.7. The number of rotatable bonds is 9. The normalized spacial score (nSPS) is 10.6. The molecule has 178 valence electrons. The lowest BCUT2D eigenvalue weighted by Crippen LogP contribution is -2.19. The third-order valence-electron chi connectivity index (χ3n) is 4.17. The van der Waals surface area contributed by atoms with Gasteiger partial charge < -0.3 is 29.1 Å². The first kappa shape index (κ1) is 26.4. The molecule has 0 saturated carbocycles. The molecule has 1 aromatic heterocycles. The monoisotopic (exact) mass is 495 g/mol. The van der Waals surface area contributed by atoms with E-state index in [0.29, 0.717) is 40.3 Å². The summed E-state index contributed by atoms with van der Waals surface area (Å²) >= 11 is 1.25. The number of methoxy groups -OCH3 is 1. The Morgan fingerprint density at radius 1 is 1.15 bits per heavy atom. The van der Waals surface area contributed by atoms with Crippen molar-refractivity contribution in [3.63, 3.8) is 0 Å². The first-order valence-electron chi connectivity index (χ1n) is 10.0. The molecule has 0 unspecified atom stereocenters. The Labute approximate surface area is 201 Å². The van der Waals surface area contributed by atoms with Gasteiger partial charge in [-0.1, -0.05) is 11.8 Å². The molecule has 0 spiro atoms. The highest BCUT2D eigenvalue weighted by atomic mass is 35.5. The predicted molar refractivity (Wildman–Crippen MR) is 128 cm³/mol. The minimum absolute atomic E-state index is 0. The first-order chi connectivity index (χ1) is 15.4. The lowest BCUT2D eigenvalue weighted by Gasteiger charge is -2.18. The van der Waals surface area contributed by atoms with Crippen LogP contribution in [0.5, 0.6) is 23.0 Å². The van der Waals surface area contributed by atoms with Crippen LogP contribution in [0, 0.1) is 0 Å². The Kier molecular flexibility index (Phi) is 9.45. The van der Waals surface area contributed by atoms with E-state index in [0.717, 1.165) is 4.90 Å². The third kappa shape index (κ3) is 6.34. The quantitative estimate of drug-likeness (QED) is 0.340. The van der Waals surface area contributed by atoms with E-state index in [4.69, 9.17) is 29.1 Å². The highest BCUT2D eigenvalue weighted by Crippen LogP contribution is 2.44. The summed E-state index contributed by atoms with van der Waals surface area (Å²) in [6, 6.07) is 9.82. The fraction of sp³-hybridized carbons (Fsp3) is 0.304. The third-order valence-corrected chi connectivity index (χ3v) is 5.08. The molecule has 0 aliphatic rings. The smallest absolute Gasteiger partial charge is 0.325 e. The number of nitrogens with two attached hydrogens (primary N) is 1. The van der Waals surface area contributed by atoms with Crippen LogP contribution >= 0.6 is 24.2 Å². The van der Waals surface area contributed by atoms with Gasteiger partial charge in [-0.15, -0.1) is 12.4 Å². The number of benzene rings is 2. The van der Waals surface area contributed by atoms with E-state index in [-0.39, 0.29) is 35.9 Å². The summed E-state index contributed by atoms with van der Waals surface area (Å²) in [7, 11) is 1.50. The van der Waals surface area contributed by atoms with E-state index in [2.05, 4.69) is 0 Å². The van der Waals surface area contributed by atoms with Gasteiger partial charge in [-0.05, 0) is 45.0 Å². The average molecular weight is 496 g/mol. The number of ether oxygens (including phenoxy) is 4. The predicted octanol–water partition coefficient (Wildman–Crippen LogP) is 4.42. The molecule has 0 aliphatic carbocycles. The number of carbonyl (C=O) groups is 1. The molecule has 2 N–H and O–H groups in total. The van der Waals surface area contributed by atoms with Gasteiger partial charge in [0.1, 0.15) is 16.7 Å². The van der Waals surface area contributed by atoms with Gasteiger partial charge in [0, 0.05) is 17.0 Å². The minimum atomic E-state index is -0.522. The van der Waals surface area contributed by atoms with E-state index >= 15 is 0 Å². The maximum absolute atomic E-state index is 13.0. The van der Waals surface area contributed by atoms with Crippen molar-refractivity contribution in [1.82, 2.24) is 0 Å². The molecule has 0 amide bonds. The standard InChI is InChI=1S/C23H25NO7S.ClH/c1-5-28-23-21-16(25)10-20(31-17(21)11-18(22(23)27-4)29-13(2)3)32-15-8-6-14(7-9-15)30-19(26)12-24;/h6-11,13H,5,12,24H2,1-4H3;1H. The van der Waals surface area contributed by atoms with Crippen molar-refractivity contribution in [2.24, 2.45) is 5.73 Å². The molecule has 0 bridgehead atoms. The summed E-state index contributed by atoms with van der Waals surface area (Å²) in [6.45, 7) is 5.74. The van der Waals surface area contributed by atoms with Crippen molar-refractivity contribution in [3.8, 4) is 23.0 Å². The van der Waals surface area contributed by atoms with Crippen LogP contribution in [0.4, 0.5) is 0 Å². The Morgan fingerprint density at radius 2 is 1.85 bits per heavy atom. The molecule has 0 saturated heterocycles. The minimum Gasteiger partial charge on any atom is -0.490 e. The van der Waals surface area contributed by atoms with Crippen LogP contribution in [-0.2, 0) is 4.79 Å². The lowest BCUT2D eigenvalue weighted by molar-refractivity contribution is -0.132. The molecule has 0 radical (unpaired) electrons. The van der Waals surface area contributed by atoms with Crippen molar-refractivity contribution in [3.05, 3.63) is 46.6 Å².